The molecule has 0 aromatic rings. The number of rotatable bonds is 18. The molecule has 3 heteroatoms. The molecule has 158 valence electrons. The monoisotopic (exact) mass is 370 g/mol. The van der Waals surface area contributed by atoms with Crippen LogP contribution in [0.25, 0.3) is 0 Å². The van der Waals surface area contributed by atoms with E-state index in [-0.39, 0.29) is 5.91 Å². The smallest absolute Gasteiger partial charge is 0.217 e. The second kappa shape index (κ2) is 24.4. The molecule has 0 aliphatic heterocycles. The van der Waals surface area contributed by atoms with Crippen molar-refractivity contribution in [3.8, 4) is 0 Å². The maximum Gasteiger partial charge on any atom is 0.217 e. The first-order chi connectivity index (χ1) is 12.6. The summed E-state index contributed by atoms with van der Waals surface area (Å²) in [6.45, 7) is 12.6. The van der Waals surface area contributed by atoms with Crippen LogP contribution in [0.2, 0.25) is 0 Å². The SMILES string of the molecule is CCCCCCCCCCCCCCCC(N)=O.CCCN(CC)CC. The molecule has 0 unspecified atom stereocenters. The molecule has 0 rings (SSSR count). The Morgan fingerprint density at radius 1 is 0.615 bits per heavy atom. The highest BCUT2D eigenvalue weighted by molar-refractivity contribution is 5.73. The number of hydrogen-bond acceptors (Lipinski definition) is 2. The molecule has 0 aliphatic carbocycles. The van der Waals surface area contributed by atoms with Crippen molar-refractivity contribution < 1.29 is 4.79 Å². The van der Waals surface area contributed by atoms with Gasteiger partial charge in [-0.2, -0.15) is 0 Å². The Bertz CT molecular complexity index is 265. The van der Waals surface area contributed by atoms with Gasteiger partial charge in [0.25, 0.3) is 0 Å². The van der Waals surface area contributed by atoms with Crippen LogP contribution in [0.3, 0.4) is 0 Å². The summed E-state index contributed by atoms with van der Waals surface area (Å²) in [5.41, 5.74) is 5.09. The molecular formula is C23H50N2O. The highest BCUT2D eigenvalue weighted by Crippen LogP contribution is 2.12. The maximum atomic E-state index is 10.5. The number of nitrogens with two attached hydrogens (primary N) is 1. The minimum absolute atomic E-state index is 0.155. The molecule has 2 N–H and O–H groups in total. The predicted molar refractivity (Wildman–Crippen MR) is 118 cm³/mol. The van der Waals surface area contributed by atoms with Gasteiger partial charge in [-0.1, -0.05) is 105 Å². The van der Waals surface area contributed by atoms with E-state index < -0.39 is 0 Å². The van der Waals surface area contributed by atoms with E-state index in [9.17, 15) is 4.79 Å². The van der Waals surface area contributed by atoms with Crippen LogP contribution < -0.4 is 5.73 Å². The summed E-state index contributed by atoms with van der Waals surface area (Å²) in [7, 11) is 0. The fraction of sp³-hybridized carbons (Fsp3) is 0.957. The van der Waals surface area contributed by atoms with Crippen LogP contribution in [-0.2, 0) is 4.79 Å². The van der Waals surface area contributed by atoms with Gasteiger partial charge in [0, 0.05) is 6.42 Å². The second-order valence-corrected chi connectivity index (χ2v) is 7.49. The largest absolute Gasteiger partial charge is 0.370 e. The summed E-state index contributed by atoms with van der Waals surface area (Å²) in [6, 6.07) is 0. The summed E-state index contributed by atoms with van der Waals surface area (Å²) in [5.74, 6) is -0.155. The van der Waals surface area contributed by atoms with Crippen molar-refractivity contribution in [1.82, 2.24) is 4.90 Å². The van der Waals surface area contributed by atoms with Crippen molar-refractivity contribution in [2.45, 2.75) is 124 Å². The van der Waals surface area contributed by atoms with Crippen LogP contribution >= 0.6 is 0 Å². The summed E-state index contributed by atoms with van der Waals surface area (Å²) < 4.78 is 0. The number of carbonyl (C=O) groups excluding carboxylic acids is 1. The highest BCUT2D eigenvalue weighted by Gasteiger charge is 1.96. The first-order valence-electron chi connectivity index (χ1n) is 11.6. The van der Waals surface area contributed by atoms with E-state index in [0.29, 0.717) is 6.42 Å². The molecule has 0 radical (unpaired) electrons. The minimum atomic E-state index is -0.155. The molecule has 0 atom stereocenters. The van der Waals surface area contributed by atoms with Crippen molar-refractivity contribution in [3.05, 3.63) is 0 Å². The Hall–Kier alpha value is -0.570. The molecule has 0 aromatic carbocycles. The number of hydrogen-bond donors (Lipinski definition) is 1. The summed E-state index contributed by atoms with van der Waals surface area (Å²) >= 11 is 0. The van der Waals surface area contributed by atoms with E-state index in [1.165, 1.54) is 103 Å². The van der Waals surface area contributed by atoms with Crippen molar-refractivity contribution in [2.75, 3.05) is 19.6 Å². The van der Waals surface area contributed by atoms with Crippen molar-refractivity contribution in [2.24, 2.45) is 5.73 Å². The van der Waals surface area contributed by atoms with Gasteiger partial charge in [0.15, 0.2) is 0 Å². The van der Waals surface area contributed by atoms with Gasteiger partial charge in [0.05, 0.1) is 0 Å². The summed E-state index contributed by atoms with van der Waals surface area (Å²) in [6.07, 6.45) is 19.2. The molecule has 0 spiro atoms. The van der Waals surface area contributed by atoms with Gasteiger partial charge in [-0.15, -0.1) is 0 Å². The van der Waals surface area contributed by atoms with Crippen molar-refractivity contribution in [3.63, 3.8) is 0 Å². The number of carbonyl (C=O) groups is 1. The van der Waals surface area contributed by atoms with Crippen LogP contribution in [-0.4, -0.2) is 30.4 Å². The molecule has 0 heterocycles. The van der Waals surface area contributed by atoms with Gasteiger partial charge in [-0.25, -0.2) is 0 Å². The highest BCUT2D eigenvalue weighted by atomic mass is 16.1. The average Bonchev–Trinajstić information content (AvgIpc) is 2.64. The standard InChI is InChI=1S/C16H33NO.C7H17N/c1-2-3-4-5-6-7-8-9-10-11-12-13-14-15-16(17)18;1-4-7-8(5-2)6-3/h2-15H2,1H3,(H2,17,18);4-7H2,1-3H3. The van der Waals surface area contributed by atoms with E-state index in [4.69, 9.17) is 5.73 Å². The summed E-state index contributed by atoms with van der Waals surface area (Å²) in [5, 5.41) is 0. The first kappa shape index (κ1) is 27.6. The minimum Gasteiger partial charge on any atom is -0.370 e. The molecule has 0 saturated carbocycles. The molecular weight excluding hydrogens is 320 g/mol. The zero-order valence-corrected chi connectivity index (χ0v) is 18.7. The molecule has 0 bridgehead atoms. The number of nitrogens with zero attached hydrogens (tertiary/aromatic N) is 1. The fourth-order valence-electron chi connectivity index (χ4n) is 3.17. The molecule has 26 heavy (non-hydrogen) atoms. The molecule has 0 aromatic heterocycles. The maximum absolute atomic E-state index is 10.5. The quantitative estimate of drug-likeness (QED) is 0.273. The molecule has 1 amide bonds. The zero-order chi connectivity index (χ0) is 19.9. The molecule has 0 saturated heterocycles. The Balaban J connectivity index is 0. The van der Waals surface area contributed by atoms with Crippen molar-refractivity contribution in [1.29, 1.82) is 0 Å². The van der Waals surface area contributed by atoms with Crippen LogP contribution in [0, 0.1) is 0 Å². The van der Waals surface area contributed by atoms with Crippen LogP contribution in [0.15, 0.2) is 0 Å². The van der Waals surface area contributed by atoms with Gasteiger partial charge >= 0.3 is 0 Å². The fourth-order valence-corrected chi connectivity index (χ4v) is 3.17. The zero-order valence-electron chi connectivity index (χ0n) is 18.7. The van der Waals surface area contributed by atoms with Crippen molar-refractivity contribution >= 4 is 5.91 Å². The normalized spacial score (nSPS) is 10.7. The van der Waals surface area contributed by atoms with E-state index in [1.54, 1.807) is 0 Å². The molecule has 0 fully saturated rings. The number of primary amides is 1. The third-order valence-corrected chi connectivity index (χ3v) is 4.96. The van der Waals surface area contributed by atoms with Crippen LogP contribution in [0.5, 0.6) is 0 Å². The lowest BCUT2D eigenvalue weighted by molar-refractivity contribution is -0.118. The first-order valence-corrected chi connectivity index (χ1v) is 11.6. The lowest BCUT2D eigenvalue weighted by Crippen LogP contribution is -2.23. The van der Waals surface area contributed by atoms with Crippen LogP contribution in [0.4, 0.5) is 0 Å². The van der Waals surface area contributed by atoms with E-state index >= 15 is 0 Å². The molecule has 0 aliphatic rings. The number of amides is 1. The van der Waals surface area contributed by atoms with Gasteiger partial charge in [-0.05, 0) is 32.5 Å². The lowest BCUT2D eigenvalue weighted by Gasteiger charge is -2.15. The predicted octanol–water partition coefficient (Wildman–Crippen LogP) is 6.69. The topological polar surface area (TPSA) is 46.3 Å². The Morgan fingerprint density at radius 3 is 1.27 bits per heavy atom. The second-order valence-electron chi connectivity index (χ2n) is 7.49. The Morgan fingerprint density at radius 2 is 1.00 bits per heavy atom. The van der Waals surface area contributed by atoms with E-state index in [0.717, 1.165) is 6.42 Å². The van der Waals surface area contributed by atoms with Crippen LogP contribution in [0.1, 0.15) is 124 Å². The van der Waals surface area contributed by atoms with E-state index in [1.807, 2.05) is 0 Å². The van der Waals surface area contributed by atoms with Gasteiger partial charge in [0.2, 0.25) is 5.91 Å². The lowest BCUT2D eigenvalue weighted by atomic mass is 10.0. The Labute approximate surface area is 165 Å². The molecule has 3 nitrogen and oxygen atoms in total. The average molecular weight is 371 g/mol. The van der Waals surface area contributed by atoms with Gasteiger partial charge in [0.1, 0.15) is 0 Å². The van der Waals surface area contributed by atoms with Gasteiger partial charge < -0.3 is 10.6 Å². The number of unbranched alkanes of at least 4 members (excludes halogenated alkanes) is 12. The van der Waals surface area contributed by atoms with Gasteiger partial charge in [-0.3, -0.25) is 4.79 Å². The third-order valence-electron chi connectivity index (χ3n) is 4.96. The Kier molecular flexibility index (Phi) is 26.0. The summed E-state index contributed by atoms with van der Waals surface area (Å²) in [4.78, 5) is 13.0. The third kappa shape index (κ3) is 25.7. The van der Waals surface area contributed by atoms with E-state index in [2.05, 4.69) is 32.6 Å².